The molecule has 2 aromatic carbocycles. The molecule has 1 heterocycles. The van der Waals surface area contributed by atoms with Crippen LogP contribution in [-0.2, 0) is 0 Å². The van der Waals surface area contributed by atoms with Gasteiger partial charge in [0.25, 0.3) is 0 Å². The fourth-order valence-corrected chi connectivity index (χ4v) is 1.96. The summed E-state index contributed by atoms with van der Waals surface area (Å²) in [5.74, 6) is -0.530. The van der Waals surface area contributed by atoms with E-state index in [-0.39, 0.29) is 5.75 Å². The van der Waals surface area contributed by atoms with Gasteiger partial charge in [-0.2, -0.15) is 0 Å². The molecule has 3 rings (SSSR count). The zero-order chi connectivity index (χ0) is 12.5. The number of aromatic hydroxyl groups is 1. The normalized spacial score (nSPS) is 10.7. The lowest BCUT2D eigenvalue weighted by atomic mass is 10.0. The number of aromatic nitrogens is 1. The number of hydrogen-bond donors (Lipinski definition) is 1. The van der Waals surface area contributed by atoms with E-state index in [1.165, 1.54) is 6.07 Å². The lowest BCUT2D eigenvalue weighted by Gasteiger charge is -2.05. The Hall–Kier alpha value is -2.42. The molecule has 0 aliphatic carbocycles. The van der Waals surface area contributed by atoms with E-state index >= 15 is 0 Å². The summed E-state index contributed by atoms with van der Waals surface area (Å²) in [5.41, 5.74) is 2.01. The maximum absolute atomic E-state index is 13.7. The van der Waals surface area contributed by atoms with Crippen molar-refractivity contribution in [3.8, 4) is 16.9 Å². The van der Waals surface area contributed by atoms with E-state index in [1.807, 2.05) is 30.3 Å². The molecule has 1 N–H and O–H groups in total. The number of pyridine rings is 1. The Kier molecular flexibility index (Phi) is 2.45. The van der Waals surface area contributed by atoms with Crippen LogP contribution in [0.15, 0.2) is 54.7 Å². The summed E-state index contributed by atoms with van der Waals surface area (Å²) < 4.78 is 13.7. The van der Waals surface area contributed by atoms with Gasteiger partial charge in [0.05, 0.1) is 5.52 Å². The smallest absolute Gasteiger partial charge is 0.134 e. The minimum absolute atomic E-state index is 0.0787. The predicted molar refractivity (Wildman–Crippen MR) is 68.8 cm³/mol. The Morgan fingerprint density at radius 3 is 2.67 bits per heavy atom. The lowest BCUT2D eigenvalue weighted by Crippen LogP contribution is -1.86. The standard InChI is InChI=1S/C15H10FNO/c16-14-8-12(18)5-6-13(14)11-7-10-3-1-2-4-15(10)17-9-11/h1-9,18H. The van der Waals surface area contributed by atoms with Crippen molar-refractivity contribution in [3.63, 3.8) is 0 Å². The van der Waals surface area contributed by atoms with E-state index in [2.05, 4.69) is 4.98 Å². The number of rotatable bonds is 1. The second kappa shape index (κ2) is 4.11. The van der Waals surface area contributed by atoms with Crippen LogP contribution in [0.3, 0.4) is 0 Å². The van der Waals surface area contributed by atoms with Crippen molar-refractivity contribution in [2.45, 2.75) is 0 Å². The summed E-state index contributed by atoms with van der Waals surface area (Å²) in [5, 5.41) is 10.2. The number of nitrogens with zero attached hydrogens (tertiary/aromatic N) is 1. The maximum Gasteiger partial charge on any atom is 0.134 e. The summed E-state index contributed by atoms with van der Waals surface area (Å²) >= 11 is 0. The molecule has 2 nitrogen and oxygen atoms in total. The van der Waals surface area contributed by atoms with Crippen LogP contribution >= 0.6 is 0 Å². The second-order valence-electron chi connectivity index (χ2n) is 4.08. The van der Waals surface area contributed by atoms with Crippen LogP contribution in [0.4, 0.5) is 4.39 Å². The van der Waals surface area contributed by atoms with Crippen LogP contribution in [-0.4, -0.2) is 10.1 Å². The molecule has 0 saturated heterocycles. The number of phenols is 1. The van der Waals surface area contributed by atoms with Gasteiger partial charge >= 0.3 is 0 Å². The third-order valence-electron chi connectivity index (χ3n) is 2.85. The zero-order valence-electron chi connectivity index (χ0n) is 9.47. The Labute approximate surface area is 103 Å². The van der Waals surface area contributed by atoms with Crippen molar-refractivity contribution < 1.29 is 9.50 Å². The van der Waals surface area contributed by atoms with Crippen molar-refractivity contribution in [2.75, 3.05) is 0 Å². The van der Waals surface area contributed by atoms with Crippen molar-refractivity contribution in [1.29, 1.82) is 0 Å². The molecule has 1 aromatic heterocycles. The molecule has 88 valence electrons. The molecular weight excluding hydrogens is 229 g/mol. The highest BCUT2D eigenvalue weighted by Crippen LogP contribution is 2.27. The lowest BCUT2D eigenvalue weighted by molar-refractivity contribution is 0.469. The second-order valence-corrected chi connectivity index (χ2v) is 4.08. The highest BCUT2D eigenvalue weighted by Gasteiger charge is 2.07. The van der Waals surface area contributed by atoms with E-state index in [1.54, 1.807) is 12.3 Å². The van der Waals surface area contributed by atoms with Crippen LogP contribution < -0.4 is 0 Å². The SMILES string of the molecule is Oc1ccc(-c2cnc3ccccc3c2)c(F)c1. The number of fused-ring (bicyclic) bond motifs is 1. The monoisotopic (exact) mass is 239 g/mol. The molecule has 0 aliphatic rings. The molecule has 0 bridgehead atoms. The first-order chi connectivity index (χ1) is 8.74. The first-order valence-corrected chi connectivity index (χ1v) is 5.58. The summed E-state index contributed by atoms with van der Waals surface area (Å²) in [6.07, 6.45) is 1.64. The van der Waals surface area contributed by atoms with E-state index in [4.69, 9.17) is 0 Å². The topological polar surface area (TPSA) is 33.1 Å². The van der Waals surface area contributed by atoms with Gasteiger partial charge in [0.15, 0.2) is 0 Å². The van der Waals surface area contributed by atoms with Gasteiger partial charge in [-0.15, -0.1) is 0 Å². The number of benzene rings is 2. The van der Waals surface area contributed by atoms with Crippen LogP contribution in [0.1, 0.15) is 0 Å². The molecule has 0 saturated carbocycles. The van der Waals surface area contributed by atoms with Crippen LogP contribution in [0, 0.1) is 5.82 Å². The van der Waals surface area contributed by atoms with Gasteiger partial charge in [-0.25, -0.2) is 4.39 Å². The average Bonchev–Trinajstić information content (AvgIpc) is 2.38. The van der Waals surface area contributed by atoms with E-state index in [0.29, 0.717) is 11.1 Å². The summed E-state index contributed by atoms with van der Waals surface area (Å²) in [7, 11) is 0. The first kappa shape index (κ1) is 10.7. The molecule has 0 radical (unpaired) electrons. The number of hydrogen-bond acceptors (Lipinski definition) is 2. The van der Waals surface area contributed by atoms with Crippen LogP contribution in [0.2, 0.25) is 0 Å². The molecule has 3 heteroatoms. The van der Waals surface area contributed by atoms with E-state index in [9.17, 15) is 9.50 Å². The minimum atomic E-state index is -0.452. The Morgan fingerprint density at radius 2 is 1.83 bits per heavy atom. The van der Waals surface area contributed by atoms with Gasteiger partial charge in [0.2, 0.25) is 0 Å². The molecule has 0 unspecified atom stereocenters. The molecule has 0 fully saturated rings. The zero-order valence-corrected chi connectivity index (χ0v) is 9.47. The fraction of sp³-hybridized carbons (Fsp3) is 0. The van der Waals surface area contributed by atoms with Gasteiger partial charge in [-0.05, 0) is 24.3 Å². The quantitative estimate of drug-likeness (QED) is 0.701. The van der Waals surface area contributed by atoms with E-state index < -0.39 is 5.82 Å². The van der Waals surface area contributed by atoms with Crippen molar-refractivity contribution in [2.24, 2.45) is 0 Å². The highest BCUT2D eigenvalue weighted by atomic mass is 19.1. The maximum atomic E-state index is 13.7. The summed E-state index contributed by atoms with van der Waals surface area (Å²) in [6, 6.07) is 13.7. The summed E-state index contributed by atoms with van der Waals surface area (Å²) in [6.45, 7) is 0. The fourth-order valence-electron chi connectivity index (χ4n) is 1.96. The minimum Gasteiger partial charge on any atom is -0.508 e. The van der Waals surface area contributed by atoms with Gasteiger partial charge < -0.3 is 5.11 Å². The number of halogens is 1. The molecular formula is C15H10FNO. The number of phenolic OH excluding ortho intramolecular Hbond substituents is 1. The average molecular weight is 239 g/mol. The van der Waals surface area contributed by atoms with Gasteiger partial charge in [0, 0.05) is 28.8 Å². The molecule has 0 amide bonds. The van der Waals surface area contributed by atoms with Crippen molar-refractivity contribution in [1.82, 2.24) is 4.98 Å². The Morgan fingerprint density at radius 1 is 1.00 bits per heavy atom. The summed E-state index contributed by atoms with van der Waals surface area (Å²) in [4.78, 5) is 4.29. The van der Waals surface area contributed by atoms with Crippen LogP contribution in [0.5, 0.6) is 5.75 Å². The first-order valence-electron chi connectivity index (χ1n) is 5.58. The van der Waals surface area contributed by atoms with E-state index in [0.717, 1.165) is 17.0 Å². The van der Waals surface area contributed by atoms with Gasteiger partial charge in [0.1, 0.15) is 11.6 Å². The highest BCUT2D eigenvalue weighted by molar-refractivity contribution is 5.83. The Balaban J connectivity index is 2.19. The third kappa shape index (κ3) is 1.80. The number of para-hydroxylation sites is 1. The molecule has 0 aliphatic heterocycles. The predicted octanol–water partition coefficient (Wildman–Crippen LogP) is 3.75. The molecule has 3 aromatic rings. The Bertz CT molecular complexity index is 725. The van der Waals surface area contributed by atoms with Gasteiger partial charge in [-0.1, -0.05) is 18.2 Å². The molecule has 0 atom stereocenters. The van der Waals surface area contributed by atoms with Crippen LogP contribution in [0.25, 0.3) is 22.0 Å². The largest absolute Gasteiger partial charge is 0.508 e. The molecule has 18 heavy (non-hydrogen) atoms. The van der Waals surface area contributed by atoms with Crippen molar-refractivity contribution in [3.05, 3.63) is 60.5 Å². The third-order valence-corrected chi connectivity index (χ3v) is 2.85. The van der Waals surface area contributed by atoms with Crippen molar-refractivity contribution >= 4 is 10.9 Å². The van der Waals surface area contributed by atoms with Gasteiger partial charge in [-0.3, -0.25) is 4.98 Å². The molecule has 0 spiro atoms.